The molecule has 3 aromatic rings. The predicted molar refractivity (Wildman–Crippen MR) is 113 cm³/mol. The van der Waals surface area contributed by atoms with E-state index in [1.807, 2.05) is 35.8 Å². The number of para-hydroxylation sites is 1. The van der Waals surface area contributed by atoms with E-state index < -0.39 is 17.8 Å². The fraction of sp³-hybridized carbons (Fsp3) is 0.476. The van der Waals surface area contributed by atoms with Crippen LogP contribution in [0.5, 0.6) is 0 Å². The number of nitrogens with zero attached hydrogens (tertiary/aromatic N) is 3. The number of hydrogen-bond donors (Lipinski definition) is 3. The number of amides is 1. The van der Waals surface area contributed by atoms with E-state index in [4.69, 9.17) is 14.6 Å². The van der Waals surface area contributed by atoms with Gasteiger partial charge in [0.1, 0.15) is 24.1 Å². The molecule has 9 heteroatoms. The van der Waals surface area contributed by atoms with Gasteiger partial charge in [-0.15, -0.1) is 0 Å². The van der Waals surface area contributed by atoms with Crippen molar-refractivity contribution in [1.29, 1.82) is 0 Å². The Labute approximate surface area is 174 Å². The minimum atomic E-state index is -0.998. The molecule has 2 heterocycles. The van der Waals surface area contributed by atoms with Crippen molar-refractivity contribution in [3.8, 4) is 0 Å². The fourth-order valence-electron chi connectivity index (χ4n) is 3.18. The first kappa shape index (κ1) is 21.9. The number of carbonyl (C=O) groups excluding carboxylic acids is 1. The Bertz CT molecular complexity index is 1040. The highest BCUT2D eigenvalue weighted by Gasteiger charge is 2.24. The van der Waals surface area contributed by atoms with Crippen LogP contribution in [-0.2, 0) is 22.6 Å². The molecule has 162 valence electrons. The fourth-order valence-corrected chi connectivity index (χ4v) is 3.18. The van der Waals surface area contributed by atoms with Crippen LogP contribution in [0.1, 0.15) is 33.5 Å². The topological polar surface area (TPSA) is 119 Å². The number of anilines is 1. The second-order valence-corrected chi connectivity index (χ2v) is 7.76. The summed E-state index contributed by atoms with van der Waals surface area (Å²) in [6, 6.07) is 7.52. The standard InChI is InChI=1S/C21H28N4O5/c1-5-29-11-16-23-17-18(25(16)12-21(3,4)28)14-8-6-7-9-15(14)22-19(17)24-20(27)30-13(2)10-26/h6-9,13,26,28H,5,10-12H2,1-4H3,(H,22,24,27). The third-order valence-electron chi connectivity index (χ3n) is 4.43. The first-order valence-electron chi connectivity index (χ1n) is 9.90. The lowest BCUT2D eigenvalue weighted by molar-refractivity contribution is 0.0582. The molecule has 0 aliphatic heterocycles. The van der Waals surface area contributed by atoms with Gasteiger partial charge in [-0.05, 0) is 33.8 Å². The first-order valence-corrected chi connectivity index (χ1v) is 9.90. The minimum absolute atomic E-state index is 0.242. The highest BCUT2D eigenvalue weighted by atomic mass is 16.6. The Kier molecular flexibility index (Phi) is 6.55. The van der Waals surface area contributed by atoms with Crippen LogP contribution in [0.4, 0.5) is 10.6 Å². The van der Waals surface area contributed by atoms with Crippen LogP contribution in [0, 0.1) is 0 Å². The molecule has 0 spiro atoms. The number of aromatic nitrogens is 3. The summed E-state index contributed by atoms with van der Waals surface area (Å²) in [5.74, 6) is 0.860. The molecular weight excluding hydrogens is 388 g/mol. The molecule has 0 radical (unpaired) electrons. The zero-order valence-electron chi connectivity index (χ0n) is 17.7. The summed E-state index contributed by atoms with van der Waals surface area (Å²) in [5.41, 5.74) is 0.877. The molecule has 0 aliphatic carbocycles. The average molecular weight is 416 g/mol. The lowest BCUT2D eigenvalue weighted by Crippen LogP contribution is -2.27. The molecule has 2 aromatic heterocycles. The molecule has 3 N–H and O–H groups in total. The smallest absolute Gasteiger partial charge is 0.413 e. The van der Waals surface area contributed by atoms with Crippen molar-refractivity contribution in [2.45, 2.75) is 52.6 Å². The van der Waals surface area contributed by atoms with E-state index in [1.54, 1.807) is 20.8 Å². The van der Waals surface area contributed by atoms with Gasteiger partial charge in [0.05, 0.1) is 29.8 Å². The van der Waals surface area contributed by atoms with Crippen molar-refractivity contribution < 1.29 is 24.5 Å². The minimum Gasteiger partial charge on any atom is -0.444 e. The third-order valence-corrected chi connectivity index (χ3v) is 4.43. The van der Waals surface area contributed by atoms with E-state index in [9.17, 15) is 9.90 Å². The lowest BCUT2D eigenvalue weighted by atomic mass is 10.1. The first-order chi connectivity index (χ1) is 14.2. The molecule has 1 amide bonds. The van der Waals surface area contributed by atoms with E-state index in [-0.39, 0.29) is 25.6 Å². The SMILES string of the molecule is CCOCc1nc2c(NC(=O)OC(C)CO)nc3ccccc3c2n1CC(C)(C)O. The van der Waals surface area contributed by atoms with Gasteiger partial charge in [0.2, 0.25) is 0 Å². The summed E-state index contributed by atoms with van der Waals surface area (Å²) in [6.07, 6.45) is -1.38. The van der Waals surface area contributed by atoms with Gasteiger partial charge in [0, 0.05) is 12.0 Å². The normalized spacial score (nSPS) is 13.0. The van der Waals surface area contributed by atoms with Gasteiger partial charge in [0.25, 0.3) is 0 Å². The number of aliphatic hydroxyl groups excluding tert-OH is 1. The van der Waals surface area contributed by atoms with Gasteiger partial charge >= 0.3 is 6.09 Å². The second-order valence-electron chi connectivity index (χ2n) is 7.76. The van der Waals surface area contributed by atoms with Crippen LogP contribution >= 0.6 is 0 Å². The quantitative estimate of drug-likeness (QED) is 0.517. The summed E-state index contributed by atoms with van der Waals surface area (Å²) in [5, 5.41) is 23.1. The van der Waals surface area contributed by atoms with Gasteiger partial charge in [-0.25, -0.2) is 14.8 Å². The molecule has 30 heavy (non-hydrogen) atoms. The summed E-state index contributed by atoms with van der Waals surface area (Å²) in [4.78, 5) is 21.5. The largest absolute Gasteiger partial charge is 0.444 e. The summed E-state index contributed by atoms with van der Waals surface area (Å²) in [7, 11) is 0. The van der Waals surface area contributed by atoms with E-state index in [0.717, 1.165) is 10.9 Å². The van der Waals surface area contributed by atoms with Gasteiger partial charge < -0.3 is 24.3 Å². The Hall–Kier alpha value is -2.75. The van der Waals surface area contributed by atoms with E-state index in [0.29, 0.717) is 23.5 Å². The van der Waals surface area contributed by atoms with E-state index in [1.165, 1.54) is 0 Å². The molecule has 0 saturated heterocycles. The average Bonchev–Trinajstić information content (AvgIpc) is 3.03. The van der Waals surface area contributed by atoms with Gasteiger partial charge in [-0.1, -0.05) is 18.2 Å². The van der Waals surface area contributed by atoms with Crippen LogP contribution in [0.15, 0.2) is 24.3 Å². The highest BCUT2D eigenvalue weighted by Crippen LogP contribution is 2.31. The van der Waals surface area contributed by atoms with Crippen molar-refractivity contribution in [2.24, 2.45) is 0 Å². The van der Waals surface area contributed by atoms with Crippen molar-refractivity contribution in [2.75, 3.05) is 18.5 Å². The Morgan fingerprint density at radius 3 is 2.70 bits per heavy atom. The molecule has 0 fully saturated rings. The molecule has 0 aliphatic rings. The summed E-state index contributed by atoms with van der Waals surface area (Å²) < 4.78 is 12.6. The highest BCUT2D eigenvalue weighted by molar-refractivity contribution is 6.09. The predicted octanol–water partition coefficient (Wildman–Crippen LogP) is 2.82. The number of rotatable bonds is 8. The Morgan fingerprint density at radius 1 is 1.30 bits per heavy atom. The number of fused-ring (bicyclic) bond motifs is 3. The molecule has 9 nitrogen and oxygen atoms in total. The van der Waals surface area contributed by atoms with Crippen LogP contribution in [-0.4, -0.2) is 55.8 Å². The van der Waals surface area contributed by atoms with E-state index in [2.05, 4.69) is 15.3 Å². The molecule has 0 saturated carbocycles. The Balaban J connectivity index is 2.20. The molecular formula is C21H28N4O5. The summed E-state index contributed by atoms with van der Waals surface area (Å²) >= 11 is 0. The van der Waals surface area contributed by atoms with Crippen molar-refractivity contribution in [3.63, 3.8) is 0 Å². The molecule has 3 rings (SSSR count). The van der Waals surface area contributed by atoms with Crippen molar-refractivity contribution in [3.05, 3.63) is 30.1 Å². The number of aliphatic hydroxyl groups is 2. The maximum atomic E-state index is 12.3. The molecule has 0 bridgehead atoms. The van der Waals surface area contributed by atoms with Crippen LogP contribution < -0.4 is 5.32 Å². The molecule has 1 atom stereocenters. The third kappa shape index (κ3) is 4.86. The zero-order chi connectivity index (χ0) is 21.9. The number of nitrogens with one attached hydrogen (secondary N) is 1. The Morgan fingerprint density at radius 2 is 2.03 bits per heavy atom. The van der Waals surface area contributed by atoms with Gasteiger partial charge in [-0.2, -0.15) is 0 Å². The number of benzene rings is 1. The second kappa shape index (κ2) is 8.95. The van der Waals surface area contributed by atoms with E-state index >= 15 is 0 Å². The van der Waals surface area contributed by atoms with Gasteiger partial charge in [-0.3, -0.25) is 5.32 Å². The molecule has 1 unspecified atom stereocenters. The van der Waals surface area contributed by atoms with Crippen molar-refractivity contribution in [1.82, 2.24) is 14.5 Å². The number of hydrogen-bond acceptors (Lipinski definition) is 7. The number of pyridine rings is 1. The maximum absolute atomic E-state index is 12.3. The van der Waals surface area contributed by atoms with Crippen molar-refractivity contribution >= 4 is 33.8 Å². The zero-order valence-corrected chi connectivity index (χ0v) is 17.7. The monoisotopic (exact) mass is 416 g/mol. The number of imidazole rings is 1. The van der Waals surface area contributed by atoms with Crippen LogP contribution in [0.2, 0.25) is 0 Å². The maximum Gasteiger partial charge on any atom is 0.413 e. The summed E-state index contributed by atoms with van der Waals surface area (Å²) in [6.45, 7) is 7.69. The lowest BCUT2D eigenvalue weighted by Gasteiger charge is -2.20. The number of ether oxygens (including phenoxy) is 2. The molecule has 1 aromatic carbocycles. The van der Waals surface area contributed by atoms with Crippen LogP contribution in [0.25, 0.3) is 21.9 Å². The number of carbonyl (C=O) groups is 1. The van der Waals surface area contributed by atoms with Crippen LogP contribution in [0.3, 0.4) is 0 Å². The van der Waals surface area contributed by atoms with Gasteiger partial charge in [0.15, 0.2) is 5.82 Å².